The van der Waals surface area contributed by atoms with Crippen LogP contribution in [-0.4, -0.2) is 165 Å². The number of nitrogens with two attached hydrogens (primary N) is 1. The maximum absolute atomic E-state index is 14.2. The number of nitrogen functional groups attached to an aromatic ring is 1. The molecule has 1 amide bonds. The third-order valence-corrected chi connectivity index (χ3v) is 26.6. The van der Waals surface area contributed by atoms with Crippen molar-refractivity contribution in [1.29, 1.82) is 0 Å². The summed E-state index contributed by atoms with van der Waals surface area (Å²) in [6.07, 6.45) is -6.27. The van der Waals surface area contributed by atoms with Crippen LogP contribution in [-0.2, 0) is 99.5 Å². The van der Waals surface area contributed by atoms with Crippen molar-refractivity contribution in [1.82, 2.24) is 35.0 Å². The predicted octanol–water partition coefficient (Wildman–Crippen LogP) is 20.3. The number of aromatic nitrogens is 6. The van der Waals surface area contributed by atoms with Gasteiger partial charge in [0.25, 0.3) is 36.0 Å². The van der Waals surface area contributed by atoms with Gasteiger partial charge in [-0.05, 0) is 215 Å². The van der Waals surface area contributed by atoms with Crippen molar-refractivity contribution in [3.8, 4) is 23.0 Å². The Kier molecular flexibility index (Phi) is 41.6. The second-order valence-electron chi connectivity index (χ2n) is 30.6. The Morgan fingerprint density at radius 2 is 0.740 bits per heavy atom. The number of nitrogens with zero attached hydrogens (tertiary/aromatic N) is 11. The molecule has 146 heavy (non-hydrogen) atoms. The Labute approximate surface area is 858 Å². The fourth-order valence-corrected chi connectivity index (χ4v) is 18.2. The summed E-state index contributed by atoms with van der Waals surface area (Å²) in [7, 11) is -6.37. The summed E-state index contributed by atoms with van der Waals surface area (Å²) in [6, 6.07) is 51.6. The Bertz CT molecular complexity index is 7140. The molecule has 6 aromatic heterocycles. The van der Waals surface area contributed by atoms with Gasteiger partial charge in [0.15, 0.2) is 0 Å². The zero-order valence-electron chi connectivity index (χ0n) is 78.1. The molecule has 778 valence electrons. The van der Waals surface area contributed by atoms with Crippen LogP contribution >= 0.6 is 50.7 Å². The molecule has 0 radical (unpaired) electrons. The molecule has 13 rings (SSSR count). The predicted molar refractivity (Wildman–Crippen MR) is 534 cm³/mol. The van der Waals surface area contributed by atoms with E-state index in [4.69, 9.17) is 91.3 Å². The Hall–Kier alpha value is -13.4. The SMILES string of the molecule is C.COCN(c1cc(Cl)cnc1Br)S(=O)(=O)c1ccc(C)c(C(F)(F)F)c1.COCN(c1cc(Cl)cnc1C(=O)c1ccnc(N(Cc2ccc(OC)cc2)Cc2ccc(OC)cc2)c1)S(=O)(=O)c1ccc(C)c(C(F)(F)F)c1.COc1ccc(CN(Cc2ccc(OC)cc2)c2cc(C(=O)N(C)OC)ccn2)cc1.Cc1ccc(S(=O)(=O)Nc2cc(Cl)cnc2C(=O)c2ccnc(N)c2)cc1C(F)(F)F.O=S(=O)(O)O. The Balaban J connectivity index is 0.000000242. The quantitative estimate of drug-likeness (QED) is 0.00741. The van der Waals surface area contributed by atoms with E-state index in [1.54, 1.807) is 59.9 Å². The van der Waals surface area contributed by atoms with E-state index in [-0.39, 0.29) is 95.1 Å². The van der Waals surface area contributed by atoms with E-state index in [1.807, 2.05) is 102 Å². The molecule has 0 fully saturated rings. The molecule has 0 spiro atoms. The summed E-state index contributed by atoms with van der Waals surface area (Å²) in [4.78, 5) is 71.7. The highest BCUT2D eigenvalue weighted by atomic mass is 79.9. The first kappa shape index (κ1) is 118. The standard InChI is InChI=1S/C37H34ClF3N4O6S.C24H27N3O4.C19H14ClF3N4O3S.C15H13BrClF3N2O3S.CH4.H2O4S/c1-24-5-14-31(19-32(24)37(39,40)41)52(47,48)45(23-49-2)33-18-28(38)20-43-35(33)36(46)27-15-16-42-34(17-27)44(21-25-6-10-29(50-3)11-7-25)22-26-8-12-30(51-4)13-9-26;1-26(31-4)24(28)20-13-14-25-23(15-20)27(16-18-5-9-21(29-2)10-6-18)17-19-7-11-22(30-3)12-8-19;1-10-2-3-13(8-14(10)19(21,22)23)31(29,30)27-15-7-12(20)9-26-17(15)18(28)11-4-5-25-16(24)6-11;1-9-3-4-11(6-12(9)15(18,19)20)26(23,24)22(8-25-2)13-5-10(17)7-21-14(13)16;;1-5(2,3)4/h5-20H,21-23H2,1-4H3;5-15H,16-17H2,1-4H3;2-9,27H,1H3,(H2,24,25);3-7H,8H2,1-2H3;1H4;(H2,1,2,3,4). The van der Waals surface area contributed by atoms with Gasteiger partial charge in [-0.15, -0.1) is 0 Å². The lowest BCUT2D eigenvalue weighted by molar-refractivity contribution is -0.139. The summed E-state index contributed by atoms with van der Waals surface area (Å²) >= 11 is 21.1. The summed E-state index contributed by atoms with van der Waals surface area (Å²) in [5.41, 5.74) is 5.49. The minimum absolute atomic E-state index is 0. The number of carbonyl (C=O) groups excluding carboxylic acids is 3. The molecule has 50 heteroatoms. The van der Waals surface area contributed by atoms with Gasteiger partial charge < -0.3 is 44.0 Å². The van der Waals surface area contributed by atoms with Crippen LogP contribution in [0.3, 0.4) is 0 Å². The smallest absolute Gasteiger partial charge is 0.416 e. The molecule has 0 atom stereocenters. The van der Waals surface area contributed by atoms with Gasteiger partial charge in [0.2, 0.25) is 11.6 Å². The zero-order chi connectivity index (χ0) is 107. The molecule has 33 nitrogen and oxygen atoms in total. The van der Waals surface area contributed by atoms with Crippen molar-refractivity contribution in [3.63, 3.8) is 0 Å². The molecular formula is C96H94BrCl3F9N13O20S4. The van der Waals surface area contributed by atoms with Crippen LogP contribution in [0.25, 0.3) is 0 Å². The highest BCUT2D eigenvalue weighted by Gasteiger charge is 2.40. The van der Waals surface area contributed by atoms with E-state index >= 15 is 0 Å². The monoisotopic (exact) mass is 2230 g/mol. The summed E-state index contributed by atoms with van der Waals surface area (Å²) < 4.78 is 266. The largest absolute Gasteiger partial charge is 0.497 e. The molecule has 5 N–H and O–H groups in total. The van der Waals surface area contributed by atoms with Crippen molar-refractivity contribution in [2.45, 2.75) is 87.6 Å². The van der Waals surface area contributed by atoms with E-state index in [0.717, 1.165) is 86.7 Å². The number of benzene rings is 7. The molecule has 0 aliphatic rings. The van der Waals surface area contributed by atoms with Gasteiger partial charge in [0, 0.05) is 101 Å². The molecule has 6 heterocycles. The van der Waals surface area contributed by atoms with E-state index in [9.17, 15) is 79.2 Å². The maximum Gasteiger partial charge on any atom is 0.416 e. The highest BCUT2D eigenvalue weighted by molar-refractivity contribution is 9.10. The lowest BCUT2D eigenvalue weighted by Gasteiger charge is -2.26. The number of sulfonamides is 3. The van der Waals surface area contributed by atoms with E-state index in [1.165, 1.54) is 102 Å². The van der Waals surface area contributed by atoms with Crippen molar-refractivity contribution in [2.24, 2.45) is 0 Å². The number of rotatable bonds is 33. The number of hydroxylamine groups is 2. The first-order chi connectivity index (χ1) is 68.1. The van der Waals surface area contributed by atoms with Crippen molar-refractivity contribution in [3.05, 3.63) is 347 Å². The van der Waals surface area contributed by atoms with Crippen LogP contribution in [0.4, 0.5) is 74.0 Å². The number of nitrogens with one attached hydrogen (secondary N) is 1. The topological polar surface area (TPSA) is 424 Å². The van der Waals surface area contributed by atoms with Gasteiger partial charge >= 0.3 is 28.9 Å². The second kappa shape index (κ2) is 51.6. The number of hydrogen-bond donors (Lipinski definition) is 4. The van der Waals surface area contributed by atoms with Gasteiger partial charge in [-0.3, -0.25) is 33.0 Å². The fourth-order valence-electron chi connectivity index (χ4n) is 13.3. The molecule has 0 aliphatic heterocycles. The van der Waals surface area contributed by atoms with Gasteiger partial charge in [-0.25, -0.2) is 68.8 Å². The van der Waals surface area contributed by atoms with Crippen LogP contribution < -0.4 is 47.8 Å². The number of amides is 1. The van der Waals surface area contributed by atoms with Gasteiger partial charge in [0.1, 0.15) is 69.9 Å². The van der Waals surface area contributed by atoms with Crippen molar-refractivity contribution >= 4 is 143 Å². The second-order valence-corrected chi connectivity index (χ2v) is 38.9. The number of hydrogen-bond acceptors (Lipinski definition) is 27. The lowest BCUT2D eigenvalue weighted by Crippen LogP contribution is -2.34. The number of carbonyl (C=O) groups is 3. The van der Waals surface area contributed by atoms with Crippen LogP contribution in [0.1, 0.15) is 106 Å². The lowest BCUT2D eigenvalue weighted by atomic mass is 10.1. The Morgan fingerprint density at radius 3 is 1.11 bits per heavy atom. The number of methoxy groups -OCH3 is 6. The molecular weight excluding hydrogens is 2140 g/mol. The number of aryl methyl sites for hydroxylation is 3. The summed E-state index contributed by atoms with van der Waals surface area (Å²) in [5, 5.41) is 1.32. The van der Waals surface area contributed by atoms with Gasteiger partial charge in [0.05, 0.1) is 99.1 Å². The van der Waals surface area contributed by atoms with Crippen LogP contribution in [0.5, 0.6) is 23.0 Å². The number of pyridine rings is 6. The average molecular weight is 2240 g/mol. The van der Waals surface area contributed by atoms with E-state index in [0.29, 0.717) is 77.4 Å². The average Bonchev–Trinajstić information content (AvgIpc) is 0.758. The number of ketones is 2. The molecule has 0 bridgehead atoms. The molecule has 0 saturated carbocycles. The third kappa shape index (κ3) is 32.5. The third-order valence-electron chi connectivity index (χ3n) is 20.6. The van der Waals surface area contributed by atoms with Crippen LogP contribution in [0.15, 0.2) is 263 Å². The minimum Gasteiger partial charge on any atom is -0.497 e. The molecule has 0 saturated heterocycles. The first-order valence-corrected chi connectivity index (χ1v) is 49.3. The van der Waals surface area contributed by atoms with Crippen molar-refractivity contribution < 1.29 is 130 Å². The maximum atomic E-state index is 14.2. The van der Waals surface area contributed by atoms with E-state index < -0.39 is 115 Å². The summed E-state index contributed by atoms with van der Waals surface area (Å²) in [5.74, 6) is 2.54. The fraction of sp³-hybridized carbons (Fsp3) is 0.219. The van der Waals surface area contributed by atoms with Crippen LogP contribution in [0.2, 0.25) is 15.1 Å². The molecule has 7 aromatic carbocycles. The zero-order valence-corrected chi connectivity index (χ0v) is 85.2. The van der Waals surface area contributed by atoms with E-state index in [2.05, 4.69) is 55.5 Å². The molecule has 13 aromatic rings. The highest BCUT2D eigenvalue weighted by Crippen LogP contribution is 2.41. The molecule has 0 unspecified atom stereocenters. The molecule has 0 aliphatic carbocycles. The Morgan fingerprint density at radius 1 is 0.418 bits per heavy atom. The minimum atomic E-state index is -4.81. The van der Waals surface area contributed by atoms with Gasteiger partial charge in [-0.1, -0.05) is 109 Å². The first-order valence-electron chi connectivity index (χ1n) is 41.6. The number of anilines is 6. The number of ether oxygens (including phenoxy) is 6. The summed E-state index contributed by atoms with van der Waals surface area (Å²) in [6.45, 7) is 4.58. The number of alkyl halides is 9. The van der Waals surface area contributed by atoms with Gasteiger partial charge in [-0.2, -0.15) is 47.9 Å². The van der Waals surface area contributed by atoms with Crippen molar-refractivity contribution in [2.75, 3.05) is 99.1 Å². The normalized spacial score (nSPS) is 11.5. The van der Waals surface area contributed by atoms with Crippen LogP contribution in [0, 0.1) is 20.8 Å². The number of halogens is 13.